The average molecular weight is 1240 g/mol. The summed E-state index contributed by atoms with van der Waals surface area (Å²) in [5.74, 6) is 1.33. The number of likely N-dealkylation sites (N-methyl/N-ethyl adjacent to an activating group) is 2. The van der Waals surface area contributed by atoms with Gasteiger partial charge in [-0.3, -0.25) is 9.80 Å². The predicted molar refractivity (Wildman–Crippen MR) is 350 cm³/mol. The molecule has 4 atom stereocenters. The topological polar surface area (TPSA) is 178 Å². The van der Waals surface area contributed by atoms with Crippen LogP contribution in [-0.2, 0) is 18.9 Å². The monoisotopic (exact) mass is 1240 g/mol. The lowest BCUT2D eigenvalue weighted by molar-refractivity contribution is -1.16. The van der Waals surface area contributed by atoms with Crippen LogP contribution in [0, 0.1) is 0 Å². The molecule has 0 aromatic carbocycles. The molecule has 8 aliphatic heterocycles. The second kappa shape index (κ2) is 32.9. The molecule has 0 aromatic heterocycles. The van der Waals surface area contributed by atoms with E-state index in [1.807, 2.05) is 0 Å². The number of quaternary nitrogens is 4. The molecule has 8 fully saturated rings. The summed E-state index contributed by atoms with van der Waals surface area (Å²) in [5, 5.41) is 44.4. The van der Waals surface area contributed by atoms with Crippen LogP contribution in [0.4, 0.5) is 0 Å². The van der Waals surface area contributed by atoms with Gasteiger partial charge in [0.1, 0.15) is 47.5 Å². The number of epoxide rings is 4. The highest BCUT2D eigenvalue weighted by atomic mass is 35.5. The van der Waals surface area contributed by atoms with E-state index in [1.165, 1.54) is 25.7 Å². The fourth-order valence-corrected chi connectivity index (χ4v) is 14.1. The smallest absolute Gasteiger partial charge is 0.130 e. The SMILES string of the molecule is CC1(C)CC(NCCNCCNC2CC(C)(C)[NH+](O)C(C)(C)C2)CC(C)(C)[NH+]1O.CN1C(C)(C)CC(NCCNCCNC2CC(C)(C)N(C)C(C)(C)C2)CC1(C)C.C[N+](C)(C)CC1CO1.C[N+](C)(C)CC1CO1.ClCC1CO1.ClCC1CO1. The molecule has 8 aliphatic rings. The molecule has 4 unspecified atom stereocenters. The van der Waals surface area contributed by atoms with Crippen LogP contribution in [0.5, 0.6) is 0 Å². The van der Waals surface area contributed by atoms with Gasteiger partial charge in [0.25, 0.3) is 0 Å². The first-order valence-corrected chi connectivity index (χ1v) is 33.6. The Labute approximate surface area is 526 Å². The largest absolute Gasteiger partial charge is 0.372 e. The molecule has 0 aliphatic carbocycles. The van der Waals surface area contributed by atoms with Gasteiger partial charge in [0.2, 0.25) is 0 Å². The van der Waals surface area contributed by atoms with Crippen molar-refractivity contribution in [3.63, 3.8) is 0 Å². The Morgan fingerprint density at radius 3 is 0.738 bits per heavy atom. The van der Waals surface area contributed by atoms with Gasteiger partial charge in [-0.05, 0) is 151 Å². The zero-order chi connectivity index (χ0) is 64.0. The zero-order valence-corrected chi connectivity index (χ0v) is 60.2. The number of halogens is 2. The maximum Gasteiger partial charge on any atom is 0.130 e. The number of hydrogen-bond acceptors (Lipinski definition) is 14. The first-order chi connectivity index (χ1) is 38.4. The molecule has 0 spiro atoms. The highest BCUT2D eigenvalue weighted by Gasteiger charge is 2.51. The van der Waals surface area contributed by atoms with E-state index in [0.29, 0.717) is 70.5 Å². The fourth-order valence-electron chi connectivity index (χ4n) is 13.7. The Kier molecular flexibility index (Phi) is 30.6. The number of hydrogen-bond donors (Lipinski definition) is 10. The predicted octanol–water partition coefficient (Wildman–Crippen LogP) is 4.23. The van der Waals surface area contributed by atoms with Crippen LogP contribution in [0.25, 0.3) is 0 Å². The standard InChI is InChI=1S/C24H51N5.C22H47N5O2.2C6H14NO.2C3H5ClO/c1-21(2)15-19(16-22(3,4)28(21)9)26-13-11-25-12-14-27-20-17-23(5,6)29(10)24(7,8)18-20;1-19(2)13-17(14-20(3,4)26(19)28)24-11-9-23-10-12-25-18-15-21(5,6)27(29)22(7,8)16-18;2*1-7(2,3)4-6-5-8-6;2*4-1-3-2-5-3/h19-20,25-27H,11-18H2,1-10H3;17-18,23-25,28-29H,9-16H2,1-8H3;2*6H,4-5H2,1-3H3;2*3H,1-2H2/q;;2*+1;;/p+2. The number of ether oxygens (including phenoxy) is 4. The molecule has 10 N–H and O–H groups in total. The molecule has 0 bridgehead atoms. The van der Waals surface area contributed by atoms with Gasteiger partial charge < -0.3 is 59.8 Å². The summed E-state index contributed by atoms with van der Waals surface area (Å²) in [5.41, 5.74) is 0.542. The molecule has 84 heavy (non-hydrogen) atoms. The number of hydroxylamine groups is 4. The Morgan fingerprint density at radius 2 is 0.583 bits per heavy atom. The van der Waals surface area contributed by atoms with E-state index in [2.05, 4.69) is 209 Å². The normalized spacial score (nSPS) is 31.3. The van der Waals surface area contributed by atoms with Crippen molar-refractivity contribution in [2.24, 2.45) is 0 Å². The van der Waals surface area contributed by atoms with Crippen molar-refractivity contribution in [2.45, 2.75) is 255 Å². The van der Waals surface area contributed by atoms with Gasteiger partial charge in [-0.25, -0.2) is 10.4 Å². The molecule has 8 heterocycles. The lowest BCUT2D eigenvalue weighted by Crippen LogP contribution is -3.25. The molecular weight excluding hydrogens is 1100 g/mol. The molecule has 8 rings (SSSR count). The first kappa shape index (κ1) is 78.1. The summed E-state index contributed by atoms with van der Waals surface area (Å²) in [6.07, 6.45) is 10.8. The van der Waals surface area contributed by atoms with E-state index < -0.39 is 0 Å². The summed E-state index contributed by atoms with van der Waals surface area (Å²) in [6.45, 7) is 50.2. The van der Waals surface area contributed by atoms with Crippen molar-refractivity contribution in [1.29, 1.82) is 0 Å². The molecule has 0 aromatic rings. The third-order valence-electron chi connectivity index (χ3n) is 18.6. The van der Waals surface area contributed by atoms with E-state index >= 15 is 0 Å². The van der Waals surface area contributed by atoms with Crippen LogP contribution in [-0.4, -0.2) is 282 Å². The van der Waals surface area contributed by atoms with E-state index in [9.17, 15) is 10.4 Å². The van der Waals surface area contributed by atoms with Crippen molar-refractivity contribution >= 4 is 23.2 Å². The van der Waals surface area contributed by atoms with Crippen molar-refractivity contribution in [3.05, 3.63) is 0 Å². The summed E-state index contributed by atoms with van der Waals surface area (Å²) in [6, 6.07) is 2.12. The van der Waals surface area contributed by atoms with Gasteiger partial charge in [-0.1, -0.05) is 0 Å². The van der Waals surface area contributed by atoms with Gasteiger partial charge in [0.05, 0.1) is 92.7 Å². The van der Waals surface area contributed by atoms with E-state index in [0.717, 1.165) is 127 Å². The number of nitrogens with zero attached hydrogens (tertiary/aromatic N) is 4. The highest BCUT2D eigenvalue weighted by Crippen LogP contribution is 2.38. The van der Waals surface area contributed by atoms with Crippen LogP contribution in [0.2, 0.25) is 0 Å². The summed E-state index contributed by atoms with van der Waals surface area (Å²) in [4.78, 5) is 5.10. The van der Waals surface area contributed by atoms with Crippen molar-refractivity contribution in [2.75, 3.05) is 160 Å². The summed E-state index contributed by atoms with van der Waals surface area (Å²) < 4.78 is 21.6. The second-order valence-electron chi connectivity index (χ2n) is 33.4. The van der Waals surface area contributed by atoms with Crippen molar-refractivity contribution < 1.29 is 48.5 Å². The molecule has 500 valence electrons. The van der Waals surface area contributed by atoms with Crippen molar-refractivity contribution in [3.8, 4) is 0 Å². The van der Waals surface area contributed by atoms with Crippen LogP contribution in [0.1, 0.15) is 162 Å². The van der Waals surface area contributed by atoms with Crippen LogP contribution in [0.3, 0.4) is 0 Å². The molecule has 0 radical (unpaired) electrons. The fraction of sp³-hybridized carbons (Fsp3) is 1.00. The zero-order valence-electron chi connectivity index (χ0n) is 58.7. The minimum atomic E-state index is -0.121. The van der Waals surface area contributed by atoms with Gasteiger partial charge in [0, 0.05) is 124 Å². The average Bonchev–Trinajstić information content (AvgIpc) is 3.65. The lowest BCUT2D eigenvalue weighted by Gasteiger charge is -2.54. The number of alkyl halides is 2. The Balaban J connectivity index is 0.000000307. The molecule has 8 saturated heterocycles. The molecule has 0 saturated carbocycles. The third-order valence-corrected chi connectivity index (χ3v) is 19.3. The van der Waals surface area contributed by atoms with Gasteiger partial charge >= 0.3 is 0 Å². The quantitative estimate of drug-likeness (QED) is 0.0323. The number of nitrogens with one attached hydrogen (secondary N) is 8. The third kappa shape index (κ3) is 29.9. The first-order valence-electron chi connectivity index (χ1n) is 32.5. The molecule has 20 heteroatoms. The van der Waals surface area contributed by atoms with Crippen molar-refractivity contribution in [1.82, 2.24) is 41.7 Å². The lowest BCUT2D eigenvalue weighted by atomic mass is 9.77. The van der Waals surface area contributed by atoms with E-state index in [4.69, 9.17) is 42.1 Å². The van der Waals surface area contributed by atoms with Crippen LogP contribution >= 0.6 is 23.2 Å². The minimum Gasteiger partial charge on any atom is -0.372 e. The van der Waals surface area contributed by atoms with Gasteiger partial charge in [0.15, 0.2) is 0 Å². The Bertz CT molecular complexity index is 1560. The number of piperidine rings is 4. The van der Waals surface area contributed by atoms with E-state index in [-0.39, 0.29) is 44.3 Å². The molecule has 0 amide bonds. The maximum absolute atomic E-state index is 10.5. The van der Waals surface area contributed by atoms with Gasteiger partial charge in [-0.2, -0.15) is 10.1 Å². The molecule has 18 nitrogen and oxygen atoms in total. The maximum atomic E-state index is 10.5. The highest BCUT2D eigenvalue weighted by molar-refractivity contribution is 6.18. The summed E-state index contributed by atoms with van der Waals surface area (Å²) >= 11 is 10.5. The van der Waals surface area contributed by atoms with Gasteiger partial charge in [-0.15, -0.1) is 23.2 Å². The Hall–Kier alpha value is -0.140. The summed E-state index contributed by atoms with van der Waals surface area (Å²) in [7, 11) is 17.6. The van der Waals surface area contributed by atoms with E-state index in [1.54, 1.807) is 0 Å². The molecular formula is C64H138Cl2N12O6+4. The van der Waals surface area contributed by atoms with Crippen LogP contribution in [0.15, 0.2) is 0 Å². The minimum absolute atomic E-state index is 0.121. The second-order valence-corrected chi connectivity index (χ2v) is 34.0. The van der Waals surface area contributed by atoms with Crippen LogP contribution < -0.4 is 42.0 Å². The Morgan fingerprint density at radius 1 is 0.381 bits per heavy atom. The number of likely N-dealkylation sites (tertiary alicyclic amines) is 2. The number of rotatable bonds is 22.